The first kappa shape index (κ1) is 22.8. The van der Waals surface area contributed by atoms with Crippen LogP contribution in [0.3, 0.4) is 0 Å². The van der Waals surface area contributed by atoms with Crippen molar-refractivity contribution in [1.29, 1.82) is 5.26 Å². The van der Waals surface area contributed by atoms with Crippen LogP contribution < -0.4 is 0 Å². The van der Waals surface area contributed by atoms with Crippen LogP contribution in [0.2, 0.25) is 0 Å². The Bertz CT molecular complexity index is 1090. The van der Waals surface area contributed by atoms with E-state index in [0.29, 0.717) is 12.2 Å². The lowest BCUT2D eigenvalue weighted by Crippen LogP contribution is -2.46. The van der Waals surface area contributed by atoms with Crippen LogP contribution in [-0.2, 0) is 29.0 Å². The zero-order chi connectivity index (χ0) is 23.1. The smallest absolute Gasteiger partial charge is 0.312 e. The molecule has 1 fully saturated rings. The summed E-state index contributed by atoms with van der Waals surface area (Å²) in [5, 5.41) is 9.00. The first-order valence-electron chi connectivity index (χ1n) is 11.5. The van der Waals surface area contributed by atoms with E-state index in [2.05, 4.69) is 32.7 Å². The molecule has 0 aliphatic carbocycles. The van der Waals surface area contributed by atoms with Crippen LogP contribution in [0.25, 0.3) is 0 Å². The number of ether oxygens (including phenoxy) is 1. The number of hydrogen-bond donors (Lipinski definition) is 0. The fourth-order valence-electron chi connectivity index (χ4n) is 4.60. The van der Waals surface area contributed by atoms with Crippen molar-refractivity contribution in [2.75, 3.05) is 19.7 Å². The Hall–Kier alpha value is -3.43. The molecule has 0 spiro atoms. The van der Waals surface area contributed by atoms with Crippen LogP contribution in [0.5, 0.6) is 0 Å². The minimum absolute atomic E-state index is 0.0700. The van der Waals surface area contributed by atoms with Gasteiger partial charge in [0.15, 0.2) is 0 Å². The minimum Gasteiger partial charge on any atom is -0.466 e. The summed E-state index contributed by atoms with van der Waals surface area (Å²) in [7, 11) is 0. The summed E-state index contributed by atoms with van der Waals surface area (Å²) < 4.78 is 7.66. The van der Waals surface area contributed by atoms with E-state index in [4.69, 9.17) is 10.00 Å². The molecule has 1 aliphatic rings. The van der Waals surface area contributed by atoms with E-state index in [1.807, 2.05) is 61.9 Å². The first-order chi connectivity index (χ1) is 16.1. The van der Waals surface area contributed by atoms with Gasteiger partial charge in [-0.2, -0.15) is 5.26 Å². The highest BCUT2D eigenvalue weighted by Crippen LogP contribution is 2.37. The van der Waals surface area contributed by atoms with Crippen LogP contribution in [0.1, 0.15) is 42.1 Å². The van der Waals surface area contributed by atoms with Gasteiger partial charge in [0.2, 0.25) is 0 Å². The molecule has 1 saturated heterocycles. The average molecular weight is 443 g/mol. The lowest BCUT2D eigenvalue weighted by molar-refractivity contribution is -0.158. The summed E-state index contributed by atoms with van der Waals surface area (Å²) in [6, 6.07) is 20.1. The number of imidazole rings is 1. The molecule has 0 unspecified atom stereocenters. The number of carbonyl (C=O) groups excluding carboxylic acids is 1. The third-order valence-electron chi connectivity index (χ3n) is 6.53. The molecule has 0 radical (unpaired) electrons. The van der Waals surface area contributed by atoms with E-state index >= 15 is 0 Å². The van der Waals surface area contributed by atoms with E-state index in [-0.39, 0.29) is 5.97 Å². The van der Waals surface area contributed by atoms with Gasteiger partial charge in [0.05, 0.1) is 35.7 Å². The summed E-state index contributed by atoms with van der Waals surface area (Å²) in [5.74, 6) is -0.0700. The fourth-order valence-corrected chi connectivity index (χ4v) is 4.60. The van der Waals surface area contributed by atoms with Crippen molar-refractivity contribution in [2.24, 2.45) is 5.41 Å². The Kier molecular flexibility index (Phi) is 7.21. The monoisotopic (exact) mass is 442 g/mol. The molecule has 2 heterocycles. The molecular weight excluding hydrogens is 412 g/mol. The number of nitrogens with zero attached hydrogens (tertiary/aromatic N) is 4. The van der Waals surface area contributed by atoms with Gasteiger partial charge in [-0.3, -0.25) is 9.69 Å². The largest absolute Gasteiger partial charge is 0.466 e. The van der Waals surface area contributed by atoms with Gasteiger partial charge in [-0.15, -0.1) is 0 Å². The van der Waals surface area contributed by atoms with Crippen molar-refractivity contribution >= 4 is 5.97 Å². The van der Waals surface area contributed by atoms with E-state index in [9.17, 15) is 4.79 Å². The van der Waals surface area contributed by atoms with Crippen LogP contribution in [0.4, 0.5) is 0 Å². The summed E-state index contributed by atoms with van der Waals surface area (Å²) in [4.78, 5) is 19.7. The quantitative estimate of drug-likeness (QED) is 0.489. The van der Waals surface area contributed by atoms with Gasteiger partial charge in [0, 0.05) is 19.3 Å². The van der Waals surface area contributed by atoms with Crippen molar-refractivity contribution in [3.05, 3.63) is 89.5 Å². The highest BCUT2D eigenvalue weighted by Gasteiger charge is 2.42. The molecule has 0 saturated carbocycles. The predicted octanol–water partition coefficient (Wildman–Crippen LogP) is 4.19. The molecule has 4 rings (SSSR count). The summed E-state index contributed by atoms with van der Waals surface area (Å²) >= 11 is 0. The van der Waals surface area contributed by atoms with Crippen molar-refractivity contribution in [1.82, 2.24) is 14.5 Å². The Balaban J connectivity index is 1.41. The molecule has 0 amide bonds. The van der Waals surface area contributed by atoms with Gasteiger partial charge in [0.25, 0.3) is 0 Å². The Labute approximate surface area is 195 Å². The highest BCUT2D eigenvalue weighted by atomic mass is 16.5. The Morgan fingerprint density at radius 3 is 2.45 bits per heavy atom. The van der Waals surface area contributed by atoms with E-state index in [1.54, 1.807) is 0 Å². The number of aromatic nitrogens is 2. The molecule has 1 aliphatic heterocycles. The zero-order valence-corrected chi connectivity index (χ0v) is 19.1. The van der Waals surface area contributed by atoms with Crippen LogP contribution in [0.15, 0.2) is 67.1 Å². The maximum Gasteiger partial charge on any atom is 0.312 e. The predicted molar refractivity (Wildman–Crippen MR) is 126 cm³/mol. The number of benzene rings is 2. The van der Waals surface area contributed by atoms with E-state index in [0.717, 1.165) is 56.7 Å². The molecular formula is C27H30N4O2. The number of likely N-dealkylation sites (tertiary alicyclic amines) is 1. The maximum absolute atomic E-state index is 13.0. The average Bonchev–Trinajstić information content (AvgIpc) is 3.28. The summed E-state index contributed by atoms with van der Waals surface area (Å²) in [6.07, 6.45) is 6.06. The highest BCUT2D eigenvalue weighted by molar-refractivity contribution is 5.77. The second-order valence-corrected chi connectivity index (χ2v) is 8.76. The normalized spacial score (nSPS) is 15.6. The Morgan fingerprint density at radius 1 is 1.06 bits per heavy atom. The second-order valence-electron chi connectivity index (χ2n) is 8.76. The molecule has 1 aromatic heterocycles. The van der Waals surface area contributed by atoms with Crippen LogP contribution in [0, 0.1) is 16.7 Å². The number of carbonyl (C=O) groups is 1. The van der Waals surface area contributed by atoms with Gasteiger partial charge in [0.1, 0.15) is 0 Å². The lowest BCUT2D eigenvalue weighted by Gasteiger charge is -2.40. The van der Waals surface area contributed by atoms with Gasteiger partial charge in [-0.25, -0.2) is 4.98 Å². The molecule has 6 nitrogen and oxygen atoms in total. The molecule has 6 heteroatoms. The third-order valence-corrected chi connectivity index (χ3v) is 6.53. The number of esters is 1. The van der Waals surface area contributed by atoms with Crippen molar-refractivity contribution < 1.29 is 9.53 Å². The molecule has 0 N–H and O–H groups in total. The van der Waals surface area contributed by atoms with Crippen LogP contribution >= 0.6 is 0 Å². The summed E-state index contributed by atoms with van der Waals surface area (Å²) in [6.45, 7) is 5.48. The van der Waals surface area contributed by atoms with Crippen LogP contribution in [-0.4, -0.2) is 40.1 Å². The van der Waals surface area contributed by atoms with Gasteiger partial charge >= 0.3 is 5.97 Å². The van der Waals surface area contributed by atoms with Crippen molar-refractivity contribution in [3.63, 3.8) is 0 Å². The molecule has 170 valence electrons. The van der Waals surface area contributed by atoms with E-state index < -0.39 is 5.41 Å². The summed E-state index contributed by atoms with van der Waals surface area (Å²) in [5.41, 5.74) is 3.66. The van der Waals surface area contributed by atoms with Gasteiger partial charge in [-0.1, -0.05) is 42.5 Å². The first-order valence-corrected chi connectivity index (χ1v) is 11.5. The van der Waals surface area contributed by atoms with Gasteiger partial charge < -0.3 is 9.30 Å². The van der Waals surface area contributed by atoms with Crippen molar-refractivity contribution in [2.45, 2.75) is 39.3 Å². The zero-order valence-electron chi connectivity index (χ0n) is 19.1. The number of piperidine rings is 1. The van der Waals surface area contributed by atoms with Gasteiger partial charge in [-0.05, 0) is 62.5 Å². The molecule has 0 atom stereocenters. The number of nitriles is 1. The lowest BCUT2D eigenvalue weighted by atomic mass is 9.73. The second kappa shape index (κ2) is 10.5. The topological polar surface area (TPSA) is 71.2 Å². The maximum atomic E-state index is 13.0. The van der Waals surface area contributed by atoms with Crippen molar-refractivity contribution in [3.8, 4) is 6.07 Å². The SMILES string of the molecule is CCOC(=O)C1(Cc2ccccc2)CCN(Cc2cncn2Cc2ccc(C#N)cc2)CC1. The molecule has 2 aromatic carbocycles. The number of rotatable bonds is 8. The molecule has 0 bridgehead atoms. The minimum atomic E-state index is -0.462. The standard InChI is InChI=1S/C27H30N4O2/c1-2-33-26(32)27(16-22-6-4-3-5-7-22)12-14-30(15-13-27)20-25-18-29-21-31(25)19-24-10-8-23(17-28)9-11-24/h3-11,18,21H,2,12-16,19-20H2,1H3. The fraction of sp³-hybridized carbons (Fsp3) is 0.370. The molecule has 3 aromatic rings. The molecule has 33 heavy (non-hydrogen) atoms. The third kappa shape index (κ3) is 5.50. The Morgan fingerprint density at radius 2 is 1.79 bits per heavy atom. The number of hydrogen-bond acceptors (Lipinski definition) is 5. The van der Waals surface area contributed by atoms with E-state index in [1.165, 1.54) is 5.56 Å².